The molecule has 108 valence electrons. The minimum absolute atomic E-state index is 0.112. The van der Waals surface area contributed by atoms with Crippen LogP contribution in [0.25, 0.3) is 10.9 Å². The maximum atomic E-state index is 9.57. The number of ether oxygens (including phenoxy) is 1. The van der Waals surface area contributed by atoms with Crippen molar-refractivity contribution in [2.75, 3.05) is 20.2 Å². The van der Waals surface area contributed by atoms with Gasteiger partial charge in [0.2, 0.25) is 0 Å². The van der Waals surface area contributed by atoms with E-state index < -0.39 is 0 Å². The molecular formula is C16H22N2O2. The predicted molar refractivity (Wildman–Crippen MR) is 80.1 cm³/mol. The van der Waals surface area contributed by atoms with Crippen LogP contribution in [0.1, 0.15) is 24.1 Å². The number of piperidine rings is 1. The van der Waals surface area contributed by atoms with Gasteiger partial charge in [0, 0.05) is 36.2 Å². The van der Waals surface area contributed by atoms with Gasteiger partial charge in [-0.25, -0.2) is 0 Å². The molecule has 1 aliphatic rings. The molecule has 0 aliphatic carbocycles. The third-order valence-electron chi connectivity index (χ3n) is 4.31. The number of methoxy groups -OCH3 is 1. The van der Waals surface area contributed by atoms with Crippen molar-refractivity contribution in [2.24, 2.45) is 0 Å². The molecule has 1 fully saturated rings. The van der Waals surface area contributed by atoms with Crippen molar-refractivity contribution >= 4 is 10.9 Å². The second kappa shape index (κ2) is 5.46. The Labute approximate surface area is 119 Å². The molecule has 1 aromatic carbocycles. The molecule has 20 heavy (non-hydrogen) atoms. The van der Waals surface area contributed by atoms with Crippen LogP contribution in [0.4, 0.5) is 0 Å². The second-order valence-electron chi connectivity index (χ2n) is 5.65. The second-order valence-corrected chi connectivity index (χ2v) is 5.65. The van der Waals surface area contributed by atoms with Gasteiger partial charge in [0.25, 0.3) is 0 Å². The van der Waals surface area contributed by atoms with Gasteiger partial charge in [-0.2, -0.15) is 0 Å². The fourth-order valence-corrected chi connectivity index (χ4v) is 2.95. The Kier molecular flexibility index (Phi) is 3.68. The number of nitrogens with one attached hydrogen (secondary N) is 1. The summed E-state index contributed by atoms with van der Waals surface area (Å²) in [6, 6.07) is 6.15. The number of hydrogen-bond acceptors (Lipinski definition) is 3. The first-order valence-electron chi connectivity index (χ1n) is 7.23. The van der Waals surface area contributed by atoms with Crippen LogP contribution in [0.3, 0.4) is 0 Å². The Balaban J connectivity index is 1.83. The number of aromatic nitrogens is 1. The molecule has 2 N–H and O–H groups in total. The highest BCUT2D eigenvalue weighted by molar-refractivity contribution is 5.85. The molecule has 2 aromatic rings. The fraction of sp³-hybridized carbons (Fsp3) is 0.500. The fourth-order valence-electron chi connectivity index (χ4n) is 2.95. The largest absolute Gasteiger partial charge is 0.497 e. The highest BCUT2D eigenvalue weighted by Crippen LogP contribution is 2.27. The molecule has 4 nitrogen and oxygen atoms in total. The Hall–Kier alpha value is -1.52. The Morgan fingerprint density at radius 3 is 2.80 bits per heavy atom. The zero-order valence-corrected chi connectivity index (χ0v) is 12.1. The van der Waals surface area contributed by atoms with Crippen molar-refractivity contribution in [1.29, 1.82) is 0 Å². The molecule has 1 aliphatic heterocycles. The lowest BCUT2D eigenvalue weighted by Gasteiger charge is -2.29. The average molecular weight is 274 g/mol. The molecule has 0 radical (unpaired) electrons. The number of fused-ring (bicyclic) bond motifs is 1. The van der Waals surface area contributed by atoms with Gasteiger partial charge in [0.15, 0.2) is 0 Å². The Morgan fingerprint density at radius 1 is 1.35 bits per heavy atom. The number of H-pyrrole nitrogens is 1. The minimum Gasteiger partial charge on any atom is -0.497 e. The number of aliphatic hydroxyl groups excluding tert-OH is 1. The topological polar surface area (TPSA) is 48.5 Å². The Morgan fingerprint density at radius 2 is 2.10 bits per heavy atom. The van der Waals surface area contributed by atoms with Gasteiger partial charge in [0.05, 0.1) is 13.2 Å². The van der Waals surface area contributed by atoms with Gasteiger partial charge in [-0.3, -0.25) is 4.90 Å². The average Bonchev–Trinajstić information content (AvgIpc) is 2.77. The van der Waals surface area contributed by atoms with E-state index in [1.807, 2.05) is 6.07 Å². The van der Waals surface area contributed by atoms with Crippen molar-refractivity contribution in [3.05, 3.63) is 29.5 Å². The quantitative estimate of drug-likeness (QED) is 0.904. The first-order valence-corrected chi connectivity index (χ1v) is 7.23. The summed E-state index contributed by atoms with van der Waals surface area (Å²) in [5, 5.41) is 10.8. The van der Waals surface area contributed by atoms with Crippen LogP contribution in [0.15, 0.2) is 18.2 Å². The van der Waals surface area contributed by atoms with Gasteiger partial charge in [-0.05, 0) is 43.5 Å². The monoisotopic (exact) mass is 274 g/mol. The number of rotatable bonds is 3. The SMILES string of the molecule is COc1ccc2[nH]c(CN3CCC(O)CC3)c(C)c2c1. The Bertz CT molecular complexity index is 598. The van der Waals surface area contributed by atoms with Crippen molar-refractivity contribution < 1.29 is 9.84 Å². The van der Waals surface area contributed by atoms with Crippen molar-refractivity contribution in [1.82, 2.24) is 9.88 Å². The van der Waals surface area contributed by atoms with E-state index >= 15 is 0 Å². The third kappa shape index (κ3) is 2.53. The molecule has 2 heterocycles. The predicted octanol–water partition coefficient (Wildman–Crippen LogP) is 2.44. The van der Waals surface area contributed by atoms with Crippen LogP contribution in [0.5, 0.6) is 5.75 Å². The van der Waals surface area contributed by atoms with Gasteiger partial charge in [-0.15, -0.1) is 0 Å². The smallest absolute Gasteiger partial charge is 0.119 e. The summed E-state index contributed by atoms with van der Waals surface area (Å²) in [7, 11) is 1.70. The summed E-state index contributed by atoms with van der Waals surface area (Å²) in [5.41, 5.74) is 3.73. The maximum Gasteiger partial charge on any atom is 0.119 e. The highest BCUT2D eigenvalue weighted by atomic mass is 16.5. The maximum absolute atomic E-state index is 9.57. The number of aryl methyl sites for hydroxylation is 1. The summed E-state index contributed by atoms with van der Waals surface area (Å²) >= 11 is 0. The molecule has 0 bridgehead atoms. The van der Waals surface area contributed by atoms with Crippen LogP contribution in [0, 0.1) is 6.92 Å². The molecule has 0 atom stereocenters. The van der Waals surface area contributed by atoms with Crippen LogP contribution in [-0.4, -0.2) is 41.3 Å². The molecule has 1 saturated heterocycles. The third-order valence-corrected chi connectivity index (χ3v) is 4.31. The van der Waals surface area contributed by atoms with E-state index in [-0.39, 0.29) is 6.10 Å². The summed E-state index contributed by atoms with van der Waals surface area (Å²) < 4.78 is 5.30. The van der Waals surface area contributed by atoms with Gasteiger partial charge in [-0.1, -0.05) is 0 Å². The summed E-state index contributed by atoms with van der Waals surface area (Å²) in [5.74, 6) is 0.896. The first-order chi connectivity index (χ1) is 9.67. The van der Waals surface area contributed by atoms with Crippen LogP contribution >= 0.6 is 0 Å². The first kappa shape index (κ1) is 13.5. The highest BCUT2D eigenvalue weighted by Gasteiger charge is 2.18. The van der Waals surface area contributed by atoms with Crippen molar-refractivity contribution in [3.8, 4) is 5.75 Å². The van der Waals surface area contributed by atoms with Crippen LogP contribution in [0.2, 0.25) is 0 Å². The van der Waals surface area contributed by atoms with Crippen LogP contribution < -0.4 is 4.74 Å². The van der Waals surface area contributed by atoms with E-state index in [4.69, 9.17) is 4.74 Å². The minimum atomic E-state index is -0.112. The zero-order valence-electron chi connectivity index (χ0n) is 12.1. The molecule has 0 amide bonds. The number of aromatic amines is 1. The zero-order chi connectivity index (χ0) is 14.1. The summed E-state index contributed by atoms with van der Waals surface area (Å²) in [6.07, 6.45) is 1.65. The normalized spacial score (nSPS) is 17.8. The number of hydrogen-bond donors (Lipinski definition) is 2. The van der Waals surface area contributed by atoms with Gasteiger partial charge >= 0.3 is 0 Å². The molecule has 4 heteroatoms. The number of benzene rings is 1. The number of nitrogens with zero attached hydrogens (tertiary/aromatic N) is 1. The molecule has 1 aromatic heterocycles. The van der Waals surface area contributed by atoms with Gasteiger partial charge in [0.1, 0.15) is 5.75 Å². The van der Waals surface area contributed by atoms with E-state index in [1.54, 1.807) is 7.11 Å². The van der Waals surface area contributed by atoms with Crippen LogP contribution in [-0.2, 0) is 6.54 Å². The molecular weight excluding hydrogens is 252 g/mol. The van der Waals surface area contributed by atoms with Gasteiger partial charge < -0.3 is 14.8 Å². The van der Waals surface area contributed by atoms with Crippen molar-refractivity contribution in [2.45, 2.75) is 32.4 Å². The lowest BCUT2D eigenvalue weighted by atomic mass is 10.1. The lowest BCUT2D eigenvalue weighted by Crippen LogP contribution is -2.35. The van der Waals surface area contributed by atoms with E-state index in [9.17, 15) is 5.11 Å². The molecule has 0 unspecified atom stereocenters. The van der Waals surface area contributed by atoms with Crippen molar-refractivity contribution in [3.63, 3.8) is 0 Å². The van der Waals surface area contributed by atoms with E-state index in [2.05, 4.69) is 28.9 Å². The molecule has 0 spiro atoms. The molecule has 3 rings (SSSR count). The summed E-state index contributed by atoms with van der Waals surface area (Å²) in [4.78, 5) is 5.92. The standard InChI is InChI=1S/C16H22N2O2/c1-11-14-9-13(20-2)3-4-15(14)17-16(11)10-18-7-5-12(19)6-8-18/h3-4,9,12,17,19H,5-8,10H2,1-2H3. The summed E-state index contributed by atoms with van der Waals surface area (Å²) in [6.45, 7) is 5.03. The van der Waals surface area contributed by atoms with E-state index in [1.165, 1.54) is 16.6 Å². The number of likely N-dealkylation sites (tertiary alicyclic amines) is 1. The molecule has 0 saturated carbocycles. The lowest BCUT2D eigenvalue weighted by molar-refractivity contribution is 0.0787. The van der Waals surface area contributed by atoms with E-state index in [0.717, 1.165) is 43.7 Å². The van der Waals surface area contributed by atoms with E-state index in [0.29, 0.717) is 0 Å². The number of aliphatic hydroxyl groups is 1.